The second-order valence-electron chi connectivity index (χ2n) is 6.19. The van der Waals surface area contributed by atoms with Crippen molar-refractivity contribution in [3.05, 3.63) is 50.5 Å². The van der Waals surface area contributed by atoms with Crippen molar-refractivity contribution >= 4 is 39.4 Å². The molecule has 0 aliphatic carbocycles. The molecule has 1 amide bonds. The van der Waals surface area contributed by atoms with E-state index in [0.29, 0.717) is 6.54 Å². The van der Waals surface area contributed by atoms with Crippen molar-refractivity contribution in [2.24, 2.45) is 0 Å². The van der Waals surface area contributed by atoms with Crippen LogP contribution in [0.1, 0.15) is 22.4 Å². The summed E-state index contributed by atoms with van der Waals surface area (Å²) in [7, 11) is 0. The van der Waals surface area contributed by atoms with E-state index >= 15 is 0 Å². The molecule has 0 fully saturated rings. The van der Waals surface area contributed by atoms with Gasteiger partial charge in [0.05, 0.1) is 9.77 Å². The Balaban J connectivity index is 1.65. The van der Waals surface area contributed by atoms with E-state index in [1.165, 1.54) is 33.3 Å². The molecule has 0 unspecified atom stereocenters. The first-order valence-electron chi connectivity index (χ1n) is 7.97. The third kappa shape index (κ3) is 3.63. The maximum Gasteiger partial charge on any atom is 0.241 e. The molecule has 6 heteroatoms. The van der Waals surface area contributed by atoms with Crippen LogP contribution in [0.2, 0.25) is 0 Å². The van der Waals surface area contributed by atoms with Crippen LogP contribution >= 0.6 is 22.6 Å². The van der Waals surface area contributed by atoms with Gasteiger partial charge in [0.1, 0.15) is 6.54 Å². The van der Waals surface area contributed by atoms with Gasteiger partial charge in [0.15, 0.2) is 0 Å². The lowest BCUT2D eigenvalue weighted by Crippen LogP contribution is -2.29. The number of aryl methyl sites for hydroxylation is 3. The summed E-state index contributed by atoms with van der Waals surface area (Å²) in [5.74, 6) is -0.0145. The molecule has 0 saturated carbocycles. The van der Waals surface area contributed by atoms with Crippen LogP contribution in [-0.4, -0.2) is 27.2 Å². The van der Waals surface area contributed by atoms with Crippen LogP contribution < -0.4 is 5.32 Å². The van der Waals surface area contributed by atoms with Crippen molar-refractivity contribution < 1.29 is 4.79 Å². The number of rotatable bonds is 5. The second-order valence-corrected chi connectivity index (χ2v) is 7.43. The number of nitrogens with zero attached hydrogens (tertiary/aromatic N) is 2. The fourth-order valence-electron chi connectivity index (χ4n) is 3.11. The zero-order valence-corrected chi connectivity index (χ0v) is 16.3. The predicted molar refractivity (Wildman–Crippen MR) is 104 cm³/mol. The number of carbonyl (C=O) groups is 1. The van der Waals surface area contributed by atoms with Gasteiger partial charge in [0, 0.05) is 29.3 Å². The van der Waals surface area contributed by atoms with Gasteiger partial charge in [-0.25, -0.2) is 0 Å². The van der Waals surface area contributed by atoms with Gasteiger partial charge >= 0.3 is 0 Å². The van der Waals surface area contributed by atoms with E-state index in [4.69, 9.17) is 0 Å². The fraction of sp³-hybridized carbons (Fsp3) is 0.333. The van der Waals surface area contributed by atoms with E-state index in [0.717, 1.165) is 9.99 Å². The van der Waals surface area contributed by atoms with E-state index in [1.54, 1.807) is 10.9 Å². The number of H-pyrrole nitrogens is 1. The van der Waals surface area contributed by atoms with E-state index in [1.807, 2.05) is 6.20 Å². The Labute approximate surface area is 155 Å². The summed E-state index contributed by atoms with van der Waals surface area (Å²) in [4.78, 5) is 15.5. The summed E-state index contributed by atoms with van der Waals surface area (Å²) in [5, 5.41) is 8.38. The number of carbonyl (C=O) groups excluding carboxylic acids is 1. The quantitative estimate of drug-likeness (QED) is 0.604. The van der Waals surface area contributed by atoms with Crippen LogP contribution in [0.15, 0.2) is 24.5 Å². The number of hydrogen-bond donors (Lipinski definition) is 2. The molecule has 0 spiro atoms. The van der Waals surface area contributed by atoms with Crippen LogP contribution in [0.3, 0.4) is 0 Å². The smallest absolute Gasteiger partial charge is 0.241 e. The number of aromatic amines is 1. The molecule has 0 saturated heterocycles. The zero-order chi connectivity index (χ0) is 17.3. The summed E-state index contributed by atoms with van der Waals surface area (Å²) < 4.78 is 2.68. The van der Waals surface area contributed by atoms with Crippen molar-refractivity contribution in [1.29, 1.82) is 0 Å². The average Bonchev–Trinajstić information content (AvgIpc) is 3.04. The maximum atomic E-state index is 12.0. The molecule has 0 aliphatic rings. The fourth-order valence-corrected chi connectivity index (χ4v) is 3.56. The predicted octanol–water partition coefficient (Wildman–Crippen LogP) is 3.25. The third-order valence-electron chi connectivity index (χ3n) is 4.17. The van der Waals surface area contributed by atoms with Gasteiger partial charge in [-0.15, -0.1) is 0 Å². The Morgan fingerprint density at radius 3 is 2.83 bits per heavy atom. The Morgan fingerprint density at radius 2 is 2.12 bits per heavy atom. The van der Waals surface area contributed by atoms with Gasteiger partial charge in [0.25, 0.3) is 0 Å². The molecule has 0 bridgehead atoms. The van der Waals surface area contributed by atoms with Gasteiger partial charge in [-0.05, 0) is 67.0 Å². The molecule has 0 aliphatic heterocycles. The van der Waals surface area contributed by atoms with Crippen LogP contribution in [0, 0.1) is 24.3 Å². The van der Waals surface area contributed by atoms with Crippen LogP contribution in [0.25, 0.3) is 10.9 Å². The van der Waals surface area contributed by atoms with E-state index < -0.39 is 0 Å². The molecule has 3 rings (SSSR count). The molecule has 3 aromatic rings. The summed E-state index contributed by atoms with van der Waals surface area (Å²) in [5.41, 5.74) is 6.18. The lowest BCUT2D eigenvalue weighted by molar-refractivity contribution is -0.121. The second kappa shape index (κ2) is 6.96. The Hall–Kier alpha value is -1.83. The van der Waals surface area contributed by atoms with Crippen molar-refractivity contribution in [3.8, 4) is 0 Å². The number of aromatic nitrogens is 3. The number of nitrogens with one attached hydrogen (secondary N) is 2. The van der Waals surface area contributed by atoms with Crippen molar-refractivity contribution in [2.45, 2.75) is 33.7 Å². The topological polar surface area (TPSA) is 62.7 Å². The summed E-state index contributed by atoms with van der Waals surface area (Å²) in [6.07, 6.45) is 4.42. The molecule has 2 N–H and O–H groups in total. The highest BCUT2D eigenvalue weighted by Gasteiger charge is 2.11. The van der Waals surface area contributed by atoms with Crippen molar-refractivity contribution in [2.75, 3.05) is 6.54 Å². The lowest BCUT2D eigenvalue weighted by atomic mass is 10.0. The molecular formula is C18H21IN4O. The molecule has 0 atom stereocenters. The highest BCUT2D eigenvalue weighted by atomic mass is 127. The van der Waals surface area contributed by atoms with Crippen molar-refractivity contribution in [3.63, 3.8) is 0 Å². The Morgan fingerprint density at radius 1 is 1.33 bits per heavy atom. The summed E-state index contributed by atoms with van der Waals surface area (Å²) in [6, 6.07) is 4.41. The highest BCUT2D eigenvalue weighted by Crippen LogP contribution is 2.26. The lowest BCUT2D eigenvalue weighted by Gasteiger charge is -2.06. The van der Waals surface area contributed by atoms with Gasteiger partial charge < -0.3 is 10.3 Å². The van der Waals surface area contributed by atoms with Crippen LogP contribution in [-0.2, 0) is 17.8 Å². The molecule has 0 radical (unpaired) electrons. The van der Waals surface area contributed by atoms with Crippen molar-refractivity contribution in [1.82, 2.24) is 20.1 Å². The molecule has 2 aromatic heterocycles. The number of benzene rings is 1. The molecular weight excluding hydrogens is 415 g/mol. The summed E-state index contributed by atoms with van der Waals surface area (Å²) in [6.45, 7) is 7.22. The molecule has 126 valence electrons. The number of halogens is 1. The minimum Gasteiger partial charge on any atom is -0.358 e. The zero-order valence-electron chi connectivity index (χ0n) is 14.1. The highest BCUT2D eigenvalue weighted by molar-refractivity contribution is 14.1. The van der Waals surface area contributed by atoms with E-state index in [9.17, 15) is 4.79 Å². The minimum absolute atomic E-state index is 0.0145. The Kier molecular flexibility index (Phi) is 4.93. The standard InChI is InChI=1S/C18H21IN4O/c1-11-6-12(2)18-16(7-11)15(13(3)22-18)4-5-20-17(24)10-23-9-14(19)8-21-23/h6-9,22H,4-5,10H2,1-3H3,(H,20,24). The van der Waals surface area contributed by atoms with Gasteiger partial charge in [-0.3, -0.25) is 9.48 Å². The number of amides is 1. The first-order valence-corrected chi connectivity index (χ1v) is 9.05. The molecule has 24 heavy (non-hydrogen) atoms. The third-order valence-corrected chi connectivity index (χ3v) is 4.73. The monoisotopic (exact) mass is 436 g/mol. The number of hydrogen-bond acceptors (Lipinski definition) is 2. The minimum atomic E-state index is -0.0145. The SMILES string of the molecule is Cc1cc(C)c2[nH]c(C)c(CCNC(=O)Cn3cc(I)cn3)c2c1. The van der Waals surface area contributed by atoms with Crippen LogP contribution in [0.4, 0.5) is 0 Å². The molecule has 2 heterocycles. The van der Waals surface area contributed by atoms with Gasteiger partial charge in [-0.1, -0.05) is 11.6 Å². The Bertz CT molecular complexity index is 894. The first kappa shape index (κ1) is 17.0. The van der Waals surface area contributed by atoms with Crippen LogP contribution in [0.5, 0.6) is 0 Å². The van der Waals surface area contributed by atoms with E-state index in [-0.39, 0.29) is 12.5 Å². The largest absolute Gasteiger partial charge is 0.358 e. The maximum absolute atomic E-state index is 12.0. The van der Waals surface area contributed by atoms with Gasteiger partial charge in [-0.2, -0.15) is 5.10 Å². The summed E-state index contributed by atoms with van der Waals surface area (Å²) >= 11 is 2.18. The van der Waals surface area contributed by atoms with E-state index in [2.05, 4.69) is 70.9 Å². The average molecular weight is 436 g/mol. The first-order chi connectivity index (χ1) is 11.4. The normalized spacial score (nSPS) is 11.2. The molecule has 1 aromatic carbocycles. The number of fused-ring (bicyclic) bond motifs is 1. The molecule has 5 nitrogen and oxygen atoms in total. The van der Waals surface area contributed by atoms with Gasteiger partial charge in [0.2, 0.25) is 5.91 Å².